The Morgan fingerprint density at radius 3 is 2.32 bits per heavy atom. The number of nitrogens with zero attached hydrogens (tertiary/aromatic N) is 4. The van der Waals surface area contributed by atoms with Gasteiger partial charge in [0.25, 0.3) is 5.92 Å². The van der Waals surface area contributed by atoms with E-state index in [1.54, 1.807) is 41.5 Å². The van der Waals surface area contributed by atoms with Crippen LogP contribution in [0.15, 0.2) is 0 Å². The standard InChI is InChI=1S/C26H36F5N5O5/c1-23(2,3)20-33-16-13-35(10-8-15(16)19(34-20)26(29,30)31)18(38)11-14(32-22(40)41-24(4,5)6)12-36-17(37)7-9-25(27,28)21(36)39/h14,21,39H,7-13H2,1-6H3,(H,32,40)/t14?,21-/m0/s1. The molecule has 0 aliphatic carbocycles. The zero-order valence-corrected chi connectivity index (χ0v) is 23.9. The minimum Gasteiger partial charge on any atom is -0.444 e. The van der Waals surface area contributed by atoms with Crippen molar-refractivity contribution in [3.8, 4) is 0 Å². The first kappa shape index (κ1) is 32.4. The van der Waals surface area contributed by atoms with Gasteiger partial charge in [0.05, 0.1) is 18.3 Å². The predicted molar refractivity (Wildman–Crippen MR) is 135 cm³/mol. The molecule has 3 rings (SSSR count). The summed E-state index contributed by atoms with van der Waals surface area (Å²) in [6.07, 6.45) is -10.3. The second kappa shape index (κ2) is 11.3. The highest BCUT2D eigenvalue weighted by Crippen LogP contribution is 2.36. The molecule has 1 aromatic heterocycles. The lowest BCUT2D eigenvalue weighted by atomic mass is 9.93. The Bertz CT molecular complexity index is 1180. The molecule has 1 saturated heterocycles. The lowest BCUT2D eigenvalue weighted by molar-refractivity contribution is -0.205. The van der Waals surface area contributed by atoms with Crippen LogP contribution in [0, 0.1) is 0 Å². The van der Waals surface area contributed by atoms with Crippen LogP contribution in [0.5, 0.6) is 0 Å². The number of ether oxygens (including phenoxy) is 1. The molecule has 3 amide bonds. The summed E-state index contributed by atoms with van der Waals surface area (Å²) in [5.74, 6) is -5.05. The molecule has 0 spiro atoms. The molecule has 2 aliphatic heterocycles. The molecule has 0 aromatic carbocycles. The van der Waals surface area contributed by atoms with E-state index < -0.39 is 84.8 Å². The number of carbonyl (C=O) groups is 3. The Morgan fingerprint density at radius 2 is 1.76 bits per heavy atom. The molecule has 0 radical (unpaired) electrons. The minimum atomic E-state index is -4.73. The van der Waals surface area contributed by atoms with Gasteiger partial charge in [-0.05, 0) is 27.2 Å². The highest BCUT2D eigenvalue weighted by Gasteiger charge is 2.49. The maximum absolute atomic E-state index is 14.2. The number of nitrogens with one attached hydrogen (secondary N) is 1. The molecule has 1 aromatic rings. The molecule has 0 saturated carbocycles. The number of hydrogen-bond donors (Lipinski definition) is 2. The van der Waals surface area contributed by atoms with Crippen molar-refractivity contribution in [1.29, 1.82) is 0 Å². The molecule has 2 N–H and O–H groups in total. The number of halogens is 5. The molecule has 10 nitrogen and oxygen atoms in total. The number of fused-ring (bicyclic) bond motifs is 1. The molecular weight excluding hydrogens is 557 g/mol. The first-order valence-electron chi connectivity index (χ1n) is 13.2. The lowest BCUT2D eigenvalue weighted by Crippen LogP contribution is -2.59. The third kappa shape index (κ3) is 8.01. The summed E-state index contributed by atoms with van der Waals surface area (Å²) in [7, 11) is 0. The van der Waals surface area contributed by atoms with Crippen LogP contribution in [-0.2, 0) is 38.9 Å². The molecule has 0 bridgehead atoms. The Kier molecular flexibility index (Phi) is 8.93. The first-order chi connectivity index (χ1) is 18.6. The highest BCUT2D eigenvalue weighted by molar-refractivity contribution is 5.80. The Balaban J connectivity index is 1.86. The van der Waals surface area contributed by atoms with Crippen LogP contribution >= 0.6 is 0 Å². The van der Waals surface area contributed by atoms with Gasteiger partial charge in [0.2, 0.25) is 11.8 Å². The Labute approximate surface area is 234 Å². The van der Waals surface area contributed by atoms with Gasteiger partial charge >= 0.3 is 12.3 Å². The van der Waals surface area contributed by atoms with Crippen molar-refractivity contribution in [3.05, 3.63) is 22.8 Å². The van der Waals surface area contributed by atoms with Gasteiger partial charge in [-0.1, -0.05) is 20.8 Å². The van der Waals surface area contributed by atoms with Crippen molar-refractivity contribution in [2.45, 2.75) is 109 Å². The molecule has 15 heteroatoms. The third-order valence-electron chi connectivity index (χ3n) is 6.58. The van der Waals surface area contributed by atoms with Gasteiger partial charge in [0.15, 0.2) is 11.9 Å². The quantitative estimate of drug-likeness (QED) is 0.501. The monoisotopic (exact) mass is 593 g/mol. The lowest BCUT2D eigenvalue weighted by Gasteiger charge is -2.39. The number of aliphatic hydroxyl groups is 1. The number of hydrogen-bond acceptors (Lipinski definition) is 7. The Morgan fingerprint density at radius 1 is 1.12 bits per heavy atom. The van der Waals surface area contributed by atoms with E-state index in [1.165, 1.54) is 4.90 Å². The average Bonchev–Trinajstić information content (AvgIpc) is 2.80. The summed E-state index contributed by atoms with van der Waals surface area (Å²) in [6, 6.07) is -1.26. The first-order valence-corrected chi connectivity index (χ1v) is 13.2. The SMILES string of the molecule is CC(C)(C)OC(=O)NC(CC(=O)N1CCc2c(nc(C(C)(C)C)nc2C(F)(F)F)C1)CN1C(=O)CCC(F)(F)[C@@H]1O. The fourth-order valence-corrected chi connectivity index (χ4v) is 4.54. The molecule has 1 fully saturated rings. The van der Waals surface area contributed by atoms with Crippen LogP contribution in [-0.4, -0.2) is 79.7 Å². The number of amides is 3. The van der Waals surface area contributed by atoms with Gasteiger partial charge in [0, 0.05) is 43.3 Å². The molecular formula is C26H36F5N5O5. The van der Waals surface area contributed by atoms with Crippen molar-refractivity contribution in [3.63, 3.8) is 0 Å². The van der Waals surface area contributed by atoms with Gasteiger partial charge in [-0.3, -0.25) is 9.59 Å². The minimum absolute atomic E-state index is 0.0368. The largest absolute Gasteiger partial charge is 0.444 e. The number of rotatable bonds is 5. The van der Waals surface area contributed by atoms with Gasteiger partial charge in [-0.25, -0.2) is 23.5 Å². The van der Waals surface area contributed by atoms with E-state index in [1.807, 2.05) is 0 Å². The predicted octanol–water partition coefficient (Wildman–Crippen LogP) is 3.54. The summed E-state index contributed by atoms with van der Waals surface area (Å²) < 4.78 is 75.0. The fraction of sp³-hybridized carbons (Fsp3) is 0.731. The zero-order valence-electron chi connectivity index (χ0n) is 23.9. The summed E-state index contributed by atoms with van der Waals surface area (Å²) in [6.45, 7) is 8.71. The number of carbonyl (C=O) groups excluding carboxylic acids is 3. The topological polar surface area (TPSA) is 125 Å². The molecule has 2 atom stereocenters. The van der Waals surface area contributed by atoms with Gasteiger partial charge in [0.1, 0.15) is 11.4 Å². The highest BCUT2D eigenvalue weighted by atomic mass is 19.4. The molecule has 41 heavy (non-hydrogen) atoms. The van der Waals surface area contributed by atoms with E-state index in [2.05, 4.69) is 15.3 Å². The van der Waals surface area contributed by atoms with Crippen LogP contribution < -0.4 is 5.32 Å². The maximum Gasteiger partial charge on any atom is 0.433 e. The molecule has 2 aliphatic rings. The van der Waals surface area contributed by atoms with Crippen molar-refractivity contribution >= 4 is 17.9 Å². The summed E-state index contributed by atoms with van der Waals surface area (Å²) in [5.41, 5.74) is -2.88. The van der Waals surface area contributed by atoms with Gasteiger partial charge in [-0.15, -0.1) is 0 Å². The van der Waals surface area contributed by atoms with Crippen LogP contribution in [0.3, 0.4) is 0 Å². The molecule has 1 unspecified atom stereocenters. The summed E-state index contributed by atoms with van der Waals surface area (Å²) in [4.78, 5) is 48.1. The van der Waals surface area contributed by atoms with E-state index in [0.29, 0.717) is 4.90 Å². The van der Waals surface area contributed by atoms with E-state index in [9.17, 15) is 41.4 Å². The second-order valence-corrected chi connectivity index (χ2v) is 12.4. The summed E-state index contributed by atoms with van der Waals surface area (Å²) >= 11 is 0. The number of piperidine rings is 1. The van der Waals surface area contributed by atoms with E-state index in [4.69, 9.17) is 4.74 Å². The van der Waals surface area contributed by atoms with Gasteiger partial charge in [-0.2, -0.15) is 13.2 Å². The van der Waals surface area contributed by atoms with Gasteiger partial charge < -0.3 is 25.0 Å². The van der Waals surface area contributed by atoms with Crippen LogP contribution in [0.2, 0.25) is 0 Å². The zero-order chi connectivity index (χ0) is 31.1. The van der Waals surface area contributed by atoms with Crippen LogP contribution in [0.1, 0.15) is 83.6 Å². The Hall–Kier alpha value is -3.10. The normalized spacial score (nSPS) is 20.4. The molecule has 230 valence electrons. The number of alkyl carbamates (subject to hydrolysis) is 1. The second-order valence-electron chi connectivity index (χ2n) is 12.4. The van der Waals surface area contributed by atoms with Crippen molar-refractivity contribution < 1.29 is 46.2 Å². The van der Waals surface area contributed by atoms with Crippen LogP contribution in [0.4, 0.5) is 26.7 Å². The smallest absolute Gasteiger partial charge is 0.433 e. The van der Waals surface area contributed by atoms with E-state index in [-0.39, 0.29) is 36.6 Å². The fourth-order valence-electron chi connectivity index (χ4n) is 4.54. The van der Waals surface area contributed by atoms with Crippen molar-refractivity contribution in [2.75, 3.05) is 13.1 Å². The van der Waals surface area contributed by atoms with Crippen LogP contribution in [0.25, 0.3) is 0 Å². The van der Waals surface area contributed by atoms with Crippen molar-refractivity contribution in [2.24, 2.45) is 0 Å². The number of aliphatic hydroxyl groups excluding tert-OH is 1. The number of aromatic nitrogens is 2. The number of likely N-dealkylation sites (tertiary alicyclic amines) is 1. The molecule has 3 heterocycles. The van der Waals surface area contributed by atoms with Crippen molar-refractivity contribution in [1.82, 2.24) is 25.1 Å². The average molecular weight is 594 g/mol. The summed E-state index contributed by atoms with van der Waals surface area (Å²) in [5, 5.41) is 12.5. The van der Waals surface area contributed by atoms with E-state index in [0.717, 1.165) is 0 Å². The van der Waals surface area contributed by atoms with E-state index >= 15 is 0 Å². The third-order valence-corrected chi connectivity index (χ3v) is 6.58. The maximum atomic E-state index is 14.2. The number of alkyl halides is 5.